The van der Waals surface area contributed by atoms with Crippen LogP contribution in [0.25, 0.3) is 5.57 Å². The number of allylic oxidation sites excluding steroid dienone is 5. The van der Waals surface area contributed by atoms with Crippen LogP contribution in [-0.4, -0.2) is 0 Å². The molecule has 3 aromatic rings. The maximum absolute atomic E-state index is 2.39. The summed E-state index contributed by atoms with van der Waals surface area (Å²) >= 11 is 1.88. The van der Waals surface area contributed by atoms with Gasteiger partial charge in [0.2, 0.25) is 0 Å². The van der Waals surface area contributed by atoms with E-state index in [0.29, 0.717) is 0 Å². The monoisotopic (exact) mass is 364 g/mol. The van der Waals surface area contributed by atoms with Crippen LogP contribution in [0.1, 0.15) is 23.1 Å². The zero-order chi connectivity index (χ0) is 18.1. The average Bonchev–Trinajstić information content (AvgIpc) is 2.73. The van der Waals surface area contributed by atoms with Crippen LogP contribution < -0.4 is 0 Å². The Morgan fingerprint density at radius 3 is 1.93 bits per heavy atom. The van der Waals surface area contributed by atoms with Gasteiger partial charge in [0.05, 0.1) is 0 Å². The molecule has 0 unspecified atom stereocenters. The van der Waals surface area contributed by atoms with Gasteiger partial charge in [-0.05, 0) is 58.4 Å². The number of benzene rings is 3. The van der Waals surface area contributed by atoms with E-state index in [1.807, 2.05) is 11.8 Å². The molecule has 0 radical (unpaired) electrons. The normalized spacial score (nSPS) is 15.2. The second-order valence-corrected chi connectivity index (χ2v) is 8.06. The summed E-state index contributed by atoms with van der Waals surface area (Å²) in [7, 11) is 0. The smallest absolute Gasteiger partial charge is 0.0201 e. The van der Waals surface area contributed by atoms with Gasteiger partial charge in [-0.1, -0.05) is 96.7 Å². The van der Waals surface area contributed by atoms with Crippen LogP contribution in [0.4, 0.5) is 0 Å². The van der Waals surface area contributed by atoms with E-state index in [1.165, 1.54) is 43.2 Å². The third-order valence-electron chi connectivity index (χ3n) is 5.19. The molecule has 0 aromatic heterocycles. The molecule has 0 N–H and O–H groups in total. The van der Waals surface area contributed by atoms with E-state index in [0.717, 1.165) is 12.8 Å². The molecule has 0 saturated heterocycles. The second-order valence-electron chi connectivity index (χ2n) is 6.97. The zero-order valence-corrected chi connectivity index (χ0v) is 15.9. The lowest BCUT2D eigenvalue weighted by molar-refractivity contribution is 1.12. The van der Waals surface area contributed by atoms with Gasteiger partial charge in [0, 0.05) is 9.79 Å². The molecule has 1 heteroatoms. The first kappa shape index (κ1) is 16.4. The summed E-state index contributed by atoms with van der Waals surface area (Å²) in [5, 5.41) is 0. The molecule has 0 saturated carbocycles. The molecule has 0 nitrogen and oxygen atoms in total. The van der Waals surface area contributed by atoms with Gasteiger partial charge in [0.15, 0.2) is 0 Å². The lowest BCUT2D eigenvalue weighted by Gasteiger charge is -2.25. The van der Waals surface area contributed by atoms with Crippen LogP contribution in [0.2, 0.25) is 0 Å². The number of hydrogen-bond donors (Lipinski definition) is 0. The van der Waals surface area contributed by atoms with Gasteiger partial charge in [-0.2, -0.15) is 0 Å². The van der Waals surface area contributed by atoms with Gasteiger partial charge in [0.1, 0.15) is 0 Å². The van der Waals surface area contributed by atoms with E-state index in [2.05, 4.69) is 97.1 Å². The first-order valence-electron chi connectivity index (χ1n) is 9.39. The fourth-order valence-electron chi connectivity index (χ4n) is 3.87. The Balaban J connectivity index is 1.53. The van der Waals surface area contributed by atoms with Crippen molar-refractivity contribution in [2.75, 3.05) is 0 Å². The maximum atomic E-state index is 2.39. The van der Waals surface area contributed by atoms with E-state index >= 15 is 0 Å². The highest BCUT2D eigenvalue weighted by Crippen LogP contribution is 2.47. The molecule has 1 heterocycles. The number of hydrogen-bond acceptors (Lipinski definition) is 1. The van der Waals surface area contributed by atoms with Crippen molar-refractivity contribution >= 4 is 17.3 Å². The van der Waals surface area contributed by atoms with E-state index < -0.39 is 0 Å². The summed E-state index contributed by atoms with van der Waals surface area (Å²) in [5.41, 5.74) is 8.30. The Hall–Kier alpha value is -2.77. The molecule has 5 rings (SSSR count). The molecule has 130 valence electrons. The molecule has 0 fully saturated rings. The van der Waals surface area contributed by atoms with Crippen molar-refractivity contribution in [2.45, 2.75) is 22.6 Å². The first-order valence-corrected chi connectivity index (χ1v) is 10.2. The third kappa shape index (κ3) is 3.20. The number of rotatable bonds is 2. The molecule has 1 aliphatic carbocycles. The van der Waals surface area contributed by atoms with Gasteiger partial charge < -0.3 is 0 Å². The summed E-state index contributed by atoms with van der Waals surface area (Å²) in [6.07, 6.45) is 9.01. The predicted octanol–water partition coefficient (Wildman–Crippen LogP) is 7.08. The summed E-state index contributed by atoms with van der Waals surface area (Å²) in [6.45, 7) is 0. The van der Waals surface area contributed by atoms with Gasteiger partial charge in [-0.25, -0.2) is 0 Å². The van der Waals surface area contributed by atoms with Gasteiger partial charge in [-0.15, -0.1) is 0 Å². The number of fused-ring (bicyclic) bond motifs is 2. The summed E-state index contributed by atoms with van der Waals surface area (Å²) in [6, 6.07) is 28.3. The molecule has 2 aliphatic rings. The highest BCUT2D eigenvalue weighted by atomic mass is 32.2. The molecular weight excluding hydrogens is 344 g/mol. The van der Waals surface area contributed by atoms with E-state index in [-0.39, 0.29) is 0 Å². The van der Waals surface area contributed by atoms with Crippen LogP contribution in [-0.2, 0) is 6.42 Å². The predicted molar refractivity (Wildman–Crippen MR) is 115 cm³/mol. The van der Waals surface area contributed by atoms with Gasteiger partial charge in [-0.3, -0.25) is 0 Å². The van der Waals surface area contributed by atoms with Gasteiger partial charge >= 0.3 is 0 Å². The molecule has 0 spiro atoms. The van der Waals surface area contributed by atoms with E-state index in [1.54, 1.807) is 0 Å². The molecular formula is C26H20S. The SMILES string of the molecule is C1=CC(=C2c3ccccc3Sc3ccccc32)CC=C1Cc1ccccc1. The Morgan fingerprint density at radius 1 is 0.667 bits per heavy atom. The molecule has 3 aromatic carbocycles. The second kappa shape index (κ2) is 7.09. The van der Waals surface area contributed by atoms with Crippen molar-refractivity contribution in [2.24, 2.45) is 0 Å². The Morgan fingerprint density at radius 2 is 1.30 bits per heavy atom. The minimum absolute atomic E-state index is 0.987. The van der Waals surface area contributed by atoms with Crippen molar-refractivity contribution in [3.8, 4) is 0 Å². The summed E-state index contributed by atoms with van der Waals surface area (Å²) in [4.78, 5) is 2.71. The van der Waals surface area contributed by atoms with Crippen LogP contribution in [0.5, 0.6) is 0 Å². The standard InChI is InChI=1S/C26H20S/c1-2-8-19(9-3-1)18-20-14-16-21(17-15-20)26-22-10-4-6-12-24(22)27-25-13-7-5-11-23(25)26/h1-16H,17-18H2. The van der Waals surface area contributed by atoms with Crippen molar-refractivity contribution in [3.63, 3.8) is 0 Å². The molecule has 1 aliphatic heterocycles. The van der Waals surface area contributed by atoms with Crippen molar-refractivity contribution < 1.29 is 0 Å². The molecule has 0 atom stereocenters. The Bertz CT molecular complexity index is 1040. The fourth-order valence-corrected chi connectivity index (χ4v) is 4.96. The van der Waals surface area contributed by atoms with Crippen molar-refractivity contribution in [1.82, 2.24) is 0 Å². The highest BCUT2D eigenvalue weighted by molar-refractivity contribution is 7.99. The maximum Gasteiger partial charge on any atom is 0.0201 e. The lowest BCUT2D eigenvalue weighted by atomic mass is 9.87. The van der Waals surface area contributed by atoms with Crippen molar-refractivity contribution in [3.05, 3.63) is 125 Å². The van der Waals surface area contributed by atoms with Crippen LogP contribution in [0.3, 0.4) is 0 Å². The topological polar surface area (TPSA) is 0 Å². The summed E-state index contributed by atoms with van der Waals surface area (Å²) < 4.78 is 0. The quantitative estimate of drug-likeness (QED) is 0.366. The minimum Gasteiger partial charge on any atom is -0.0888 e. The minimum atomic E-state index is 0.987. The van der Waals surface area contributed by atoms with Crippen LogP contribution in [0, 0.1) is 0 Å². The fraction of sp³-hybridized carbons (Fsp3) is 0.0769. The third-order valence-corrected chi connectivity index (χ3v) is 6.34. The Labute approximate surface area is 165 Å². The first-order chi connectivity index (χ1) is 13.4. The lowest BCUT2D eigenvalue weighted by Crippen LogP contribution is -2.03. The molecule has 0 bridgehead atoms. The Kier molecular flexibility index (Phi) is 4.31. The highest BCUT2D eigenvalue weighted by Gasteiger charge is 2.22. The van der Waals surface area contributed by atoms with E-state index in [4.69, 9.17) is 0 Å². The molecule has 27 heavy (non-hydrogen) atoms. The van der Waals surface area contributed by atoms with Gasteiger partial charge in [0.25, 0.3) is 0 Å². The van der Waals surface area contributed by atoms with Crippen molar-refractivity contribution in [1.29, 1.82) is 0 Å². The average molecular weight is 365 g/mol. The van der Waals surface area contributed by atoms with Crippen LogP contribution in [0.15, 0.2) is 118 Å². The summed E-state index contributed by atoms with van der Waals surface area (Å²) in [5.74, 6) is 0. The largest absolute Gasteiger partial charge is 0.0888 e. The molecule has 0 amide bonds. The zero-order valence-electron chi connectivity index (χ0n) is 15.1. The van der Waals surface area contributed by atoms with Crippen LogP contribution >= 0.6 is 11.8 Å². The van der Waals surface area contributed by atoms with E-state index in [9.17, 15) is 0 Å².